The highest BCUT2D eigenvalue weighted by atomic mass is 15.3. The Bertz CT molecular complexity index is 929. The number of nitrogens with zero attached hydrogens (tertiary/aromatic N) is 2. The molecular weight excluding hydrogens is 416 g/mol. The van der Waals surface area contributed by atoms with Crippen molar-refractivity contribution in [2.45, 2.75) is 38.6 Å². The van der Waals surface area contributed by atoms with Gasteiger partial charge in [0.25, 0.3) is 0 Å². The fraction of sp³-hybridized carbons (Fsp3) is 0.304. The fourth-order valence-corrected chi connectivity index (χ4v) is 3.59. The maximum Gasteiger partial charge on any atom is 0.202 e. The lowest BCUT2D eigenvalue weighted by Crippen LogP contribution is -2.52. The van der Waals surface area contributed by atoms with E-state index in [0.29, 0.717) is 13.0 Å². The lowest BCUT2D eigenvalue weighted by Gasteiger charge is -2.35. The van der Waals surface area contributed by atoms with Crippen molar-refractivity contribution in [3.8, 4) is 0 Å². The zero-order valence-electron chi connectivity index (χ0n) is 18.9. The molecule has 2 aromatic rings. The first-order valence-electron chi connectivity index (χ1n) is 10.9. The van der Waals surface area contributed by atoms with Gasteiger partial charge in [0.05, 0.1) is 0 Å². The number of anilines is 2. The van der Waals surface area contributed by atoms with Crippen LogP contribution in [0.1, 0.15) is 32.6 Å². The number of nitrogens with two attached hydrogens (primary N) is 2. The highest BCUT2D eigenvalue weighted by Gasteiger charge is 2.25. The van der Waals surface area contributed by atoms with E-state index < -0.39 is 0 Å². The summed E-state index contributed by atoms with van der Waals surface area (Å²) in [6, 6.07) is 18.9. The molecule has 0 aliphatic heterocycles. The number of nitrogens with one attached hydrogen (secondary N) is 6. The molecule has 1 atom stereocenters. The molecule has 10 N–H and O–H groups in total. The van der Waals surface area contributed by atoms with Crippen molar-refractivity contribution in [2.75, 3.05) is 16.3 Å². The second-order valence-electron chi connectivity index (χ2n) is 7.55. The minimum Gasteiger partial charge on any atom is -0.370 e. The van der Waals surface area contributed by atoms with Crippen molar-refractivity contribution in [2.24, 2.45) is 11.5 Å². The van der Waals surface area contributed by atoms with Crippen LogP contribution in [0, 0.1) is 21.6 Å². The molecule has 0 heterocycles. The number of para-hydroxylation sites is 2. The number of hydrogen-bond donors (Lipinski definition) is 8. The third kappa shape index (κ3) is 7.84. The van der Waals surface area contributed by atoms with Gasteiger partial charge in [-0.25, -0.2) is 0 Å². The van der Waals surface area contributed by atoms with Gasteiger partial charge in [0.15, 0.2) is 11.9 Å². The SMILES string of the molecule is CCCCC(CCN(C(=N)NC(=N)N)c1ccccc1)N(C(=N)NC(=N)N)c1ccccc1. The first-order valence-corrected chi connectivity index (χ1v) is 10.9. The van der Waals surface area contributed by atoms with Gasteiger partial charge >= 0.3 is 0 Å². The number of hydrogen-bond acceptors (Lipinski definition) is 4. The lowest BCUT2D eigenvalue weighted by atomic mass is 10.0. The molecule has 2 aromatic carbocycles. The van der Waals surface area contributed by atoms with Gasteiger partial charge < -0.3 is 21.3 Å². The van der Waals surface area contributed by atoms with E-state index in [4.69, 9.17) is 33.1 Å². The molecule has 0 radical (unpaired) electrons. The molecule has 0 saturated heterocycles. The van der Waals surface area contributed by atoms with E-state index >= 15 is 0 Å². The molecule has 10 heteroatoms. The molecule has 176 valence electrons. The van der Waals surface area contributed by atoms with Crippen LogP contribution < -0.4 is 31.9 Å². The van der Waals surface area contributed by atoms with E-state index in [1.165, 1.54) is 0 Å². The number of unbranched alkanes of at least 4 members (excludes halogenated alkanes) is 1. The summed E-state index contributed by atoms with van der Waals surface area (Å²) in [4.78, 5) is 3.60. The maximum atomic E-state index is 8.59. The van der Waals surface area contributed by atoms with Gasteiger partial charge in [-0.05, 0) is 37.1 Å². The summed E-state index contributed by atoms with van der Waals surface area (Å²) in [7, 11) is 0. The zero-order chi connectivity index (χ0) is 24.2. The van der Waals surface area contributed by atoms with Crippen LogP contribution in [0.4, 0.5) is 11.4 Å². The van der Waals surface area contributed by atoms with Crippen molar-refractivity contribution in [3.63, 3.8) is 0 Å². The lowest BCUT2D eigenvalue weighted by molar-refractivity contribution is 0.538. The average molecular weight is 451 g/mol. The molecule has 0 aliphatic rings. The van der Waals surface area contributed by atoms with Crippen LogP contribution in [0.25, 0.3) is 0 Å². The molecule has 0 bridgehead atoms. The van der Waals surface area contributed by atoms with E-state index in [0.717, 1.165) is 30.6 Å². The van der Waals surface area contributed by atoms with Gasteiger partial charge in [0.2, 0.25) is 11.9 Å². The van der Waals surface area contributed by atoms with Crippen LogP contribution in [0.2, 0.25) is 0 Å². The monoisotopic (exact) mass is 450 g/mol. The smallest absolute Gasteiger partial charge is 0.202 e. The molecule has 0 saturated carbocycles. The molecule has 0 aromatic heterocycles. The van der Waals surface area contributed by atoms with Gasteiger partial charge in [0.1, 0.15) is 0 Å². The molecule has 0 aliphatic carbocycles. The Balaban J connectivity index is 2.35. The standard InChI is InChI=1S/C23H34N10/c1-2-3-10-19(33(23(29)31-21(26)27)18-13-8-5-9-14-18)15-16-32(22(28)30-20(24)25)17-11-6-4-7-12-17/h4-9,11-14,19H,2-3,10,15-16H2,1H3,(H5,24,25,28,30)(H5,26,27,29,31). The maximum absolute atomic E-state index is 8.59. The summed E-state index contributed by atoms with van der Waals surface area (Å²) >= 11 is 0. The Morgan fingerprint density at radius 2 is 1.30 bits per heavy atom. The van der Waals surface area contributed by atoms with Crippen LogP contribution in [0.3, 0.4) is 0 Å². The van der Waals surface area contributed by atoms with Crippen molar-refractivity contribution in [1.29, 1.82) is 21.6 Å². The third-order valence-corrected chi connectivity index (χ3v) is 5.06. The summed E-state index contributed by atoms with van der Waals surface area (Å²) in [6.45, 7) is 2.57. The predicted octanol–water partition coefficient (Wildman–Crippen LogP) is 2.78. The highest BCUT2D eigenvalue weighted by molar-refractivity contribution is 6.04. The third-order valence-electron chi connectivity index (χ3n) is 5.06. The summed E-state index contributed by atoms with van der Waals surface area (Å²) in [5.74, 6) is -0.570. The second-order valence-corrected chi connectivity index (χ2v) is 7.55. The van der Waals surface area contributed by atoms with E-state index in [1.807, 2.05) is 65.6 Å². The van der Waals surface area contributed by atoms with Crippen molar-refractivity contribution in [1.82, 2.24) is 10.6 Å². The van der Waals surface area contributed by atoms with Gasteiger partial charge in [-0.1, -0.05) is 56.2 Å². The summed E-state index contributed by atoms with van der Waals surface area (Å²) < 4.78 is 0. The predicted molar refractivity (Wildman–Crippen MR) is 136 cm³/mol. The van der Waals surface area contributed by atoms with Crippen LogP contribution >= 0.6 is 0 Å². The average Bonchev–Trinajstić information content (AvgIpc) is 2.77. The van der Waals surface area contributed by atoms with Crippen molar-refractivity contribution >= 4 is 35.2 Å². The van der Waals surface area contributed by atoms with Gasteiger partial charge in [0, 0.05) is 24.0 Å². The Morgan fingerprint density at radius 3 is 1.82 bits per heavy atom. The Kier molecular flexibility index (Phi) is 9.69. The Hall–Kier alpha value is -4.08. The molecule has 2 rings (SSSR count). The summed E-state index contributed by atoms with van der Waals surface area (Å²) in [5.41, 5.74) is 12.6. The van der Waals surface area contributed by atoms with E-state index in [-0.39, 0.29) is 29.9 Å². The van der Waals surface area contributed by atoms with Gasteiger partial charge in [-0.2, -0.15) is 0 Å². The number of benzene rings is 2. The zero-order valence-corrected chi connectivity index (χ0v) is 18.9. The van der Waals surface area contributed by atoms with E-state index in [9.17, 15) is 0 Å². The summed E-state index contributed by atoms with van der Waals surface area (Å²) in [5, 5.41) is 37.3. The molecule has 10 nitrogen and oxygen atoms in total. The van der Waals surface area contributed by atoms with Crippen LogP contribution in [-0.4, -0.2) is 36.4 Å². The largest absolute Gasteiger partial charge is 0.370 e. The molecular formula is C23H34N10. The van der Waals surface area contributed by atoms with E-state index in [1.54, 1.807) is 4.90 Å². The fourth-order valence-electron chi connectivity index (χ4n) is 3.59. The van der Waals surface area contributed by atoms with Crippen LogP contribution in [0.5, 0.6) is 0 Å². The van der Waals surface area contributed by atoms with Crippen LogP contribution in [0.15, 0.2) is 60.7 Å². The first kappa shape index (κ1) is 25.2. The minimum atomic E-state index is -0.304. The van der Waals surface area contributed by atoms with Gasteiger partial charge in [-0.3, -0.25) is 32.3 Å². The highest BCUT2D eigenvalue weighted by Crippen LogP contribution is 2.23. The van der Waals surface area contributed by atoms with Crippen molar-refractivity contribution in [3.05, 3.63) is 60.7 Å². The first-order chi connectivity index (χ1) is 15.8. The Morgan fingerprint density at radius 1 is 0.788 bits per heavy atom. The Labute approximate surface area is 195 Å². The minimum absolute atomic E-state index is 0.00569. The molecule has 0 spiro atoms. The van der Waals surface area contributed by atoms with Gasteiger partial charge in [-0.15, -0.1) is 0 Å². The van der Waals surface area contributed by atoms with Crippen molar-refractivity contribution < 1.29 is 0 Å². The topological polar surface area (TPSA) is 178 Å². The molecule has 0 amide bonds. The van der Waals surface area contributed by atoms with E-state index in [2.05, 4.69) is 17.6 Å². The summed E-state index contributed by atoms with van der Waals surface area (Å²) in [6.07, 6.45) is 3.36. The second kappa shape index (κ2) is 12.7. The molecule has 33 heavy (non-hydrogen) atoms. The molecule has 0 fully saturated rings. The van der Waals surface area contributed by atoms with Crippen LogP contribution in [-0.2, 0) is 0 Å². The quantitative estimate of drug-likeness (QED) is 0.215. The number of rotatable bonds is 9. The molecule has 1 unspecified atom stereocenters. The number of guanidine groups is 4. The normalized spacial score (nSPS) is 11.2.